The van der Waals surface area contributed by atoms with Crippen LogP contribution in [0, 0.1) is 5.82 Å². The summed E-state index contributed by atoms with van der Waals surface area (Å²) in [5, 5.41) is 4.94. The van der Waals surface area contributed by atoms with Crippen molar-refractivity contribution in [3.8, 4) is 22.1 Å². The number of carbonyl (C=O) groups is 1. The minimum Gasteiger partial charge on any atom is -0.493 e. The van der Waals surface area contributed by atoms with Gasteiger partial charge >= 0.3 is 0 Å². The van der Waals surface area contributed by atoms with Crippen molar-refractivity contribution in [1.29, 1.82) is 0 Å². The Morgan fingerprint density at radius 3 is 2.42 bits per heavy atom. The summed E-state index contributed by atoms with van der Waals surface area (Å²) in [6.45, 7) is 2.93. The summed E-state index contributed by atoms with van der Waals surface area (Å²) in [5.41, 5.74) is 1.65. The lowest BCUT2D eigenvalue weighted by Gasteiger charge is -2.34. The first-order valence-corrected chi connectivity index (χ1v) is 12.2. The minimum atomic E-state index is -0.331. The Kier molecular flexibility index (Phi) is 6.66. The van der Waals surface area contributed by atoms with Gasteiger partial charge in [-0.3, -0.25) is 14.5 Å². The quantitative estimate of drug-likeness (QED) is 0.395. The summed E-state index contributed by atoms with van der Waals surface area (Å²) < 4.78 is 25.1. The van der Waals surface area contributed by atoms with Gasteiger partial charge in [-0.05, 0) is 42.5 Å². The maximum Gasteiger partial charge on any atom is 0.275 e. The summed E-state index contributed by atoms with van der Waals surface area (Å²) in [7, 11) is 3.09. The van der Waals surface area contributed by atoms with Gasteiger partial charge in [0, 0.05) is 49.9 Å². The highest BCUT2D eigenvalue weighted by atomic mass is 32.1. The molecule has 0 N–H and O–H groups in total. The van der Waals surface area contributed by atoms with Gasteiger partial charge in [-0.2, -0.15) is 9.61 Å². The van der Waals surface area contributed by atoms with Gasteiger partial charge in [0.1, 0.15) is 10.8 Å². The molecular weight excluding hydrogens is 485 g/mol. The third-order valence-electron chi connectivity index (χ3n) is 6.06. The predicted octanol–water partition coefficient (Wildman–Crippen LogP) is 2.93. The van der Waals surface area contributed by atoms with Crippen LogP contribution in [0.5, 0.6) is 11.5 Å². The van der Waals surface area contributed by atoms with Gasteiger partial charge in [0.05, 0.1) is 19.9 Å². The molecule has 36 heavy (non-hydrogen) atoms. The fraction of sp³-hybridized carbons (Fsp3) is 0.280. The lowest BCUT2D eigenvalue weighted by molar-refractivity contribution is 0.0626. The van der Waals surface area contributed by atoms with E-state index in [0.717, 1.165) is 5.56 Å². The van der Waals surface area contributed by atoms with Gasteiger partial charge in [-0.15, -0.1) is 0 Å². The number of halogens is 1. The highest BCUT2D eigenvalue weighted by Gasteiger charge is 2.24. The highest BCUT2D eigenvalue weighted by molar-refractivity contribution is 7.19. The smallest absolute Gasteiger partial charge is 0.275 e. The first kappa shape index (κ1) is 23.9. The van der Waals surface area contributed by atoms with Crippen LogP contribution in [0.3, 0.4) is 0 Å². The molecule has 1 amide bonds. The largest absolute Gasteiger partial charge is 0.493 e. The number of piperazine rings is 1. The maximum absolute atomic E-state index is 13.2. The first-order chi connectivity index (χ1) is 17.4. The number of aromatic nitrogens is 3. The van der Waals surface area contributed by atoms with E-state index in [2.05, 4.69) is 15.0 Å². The molecule has 0 aliphatic carbocycles. The Balaban J connectivity index is 1.25. The number of carbonyl (C=O) groups excluding carboxylic acids is 1. The fourth-order valence-electron chi connectivity index (χ4n) is 4.14. The zero-order valence-corrected chi connectivity index (χ0v) is 20.6. The second kappa shape index (κ2) is 10.0. The second-order valence-corrected chi connectivity index (χ2v) is 9.29. The molecule has 1 aliphatic heterocycles. The molecule has 1 saturated heterocycles. The first-order valence-electron chi connectivity index (χ1n) is 11.3. The molecule has 0 saturated carbocycles. The summed E-state index contributed by atoms with van der Waals surface area (Å²) in [5.74, 6) is 0.694. The number of amides is 1. The van der Waals surface area contributed by atoms with Gasteiger partial charge in [0.25, 0.3) is 11.5 Å². The van der Waals surface area contributed by atoms with Crippen molar-refractivity contribution < 1.29 is 18.7 Å². The number of hydrogen-bond acceptors (Lipinski definition) is 8. The molecule has 0 bridgehead atoms. The number of rotatable bonds is 6. The van der Waals surface area contributed by atoms with E-state index < -0.39 is 0 Å². The molecule has 1 aliphatic rings. The van der Waals surface area contributed by atoms with E-state index in [4.69, 9.17) is 9.47 Å². The molecule has 4 aromatic rings. The SMILES string of the molecule is COc1ccc(C(=O)N2CCN(Cc3cc(=O)n4nc(-c5ccc(F)cc5)sc4n3)CC2)cc1OC. The lowest BCUT2D eigenvalue weighted by Crippen LogP contribution is -2.48. The summed E-state index contributed by atoms with van der Waals surface area (Å²) >= 11 is 1.28. The third kappa shape index (κ3) is 4.79. The number of ether oxygens (including phenoxy) is 2. The Hall–Kier alpha value is -3.83. The van der Waals surface area contributed by atoms with E-state index in [1.807, 2.05) is 0 Å². The van der Waals surface area contributed by atoms with Crippen molar-refractivity contribution in [2.75, 3.05) is 40.4 Å². The second-order valence-electron chi connectivity index (χ2n) is 8.33. The molecule has 9 nitrogen and oxygen atoms in total. The number of fused-ring (bicyclic) bond motifs is 1. The minimum absolute atomic E-state index is 0.0635. The topological polar surface area (TPSA) is 89.3 Å². The average molecular weight is 510 g/mol. The zero-order valence-electron chi connectivity index (χ0n) is 19.8. The van der Waals surface area contributed by atoms with E-state index in [0.29, 0.717) is 65.4 Å². The van der Waals surface area contributed by atoms with Gasteiger partial charge < -0.3 is 14.4 Å². The van der Waals surface area contributed by atoms with Gasteiger partial charge in [-0.1, -0.05) is 11.3 Å². The summed E-state index contributed by atoms with van der Waals surface area (Å²) in [6.07, 6.45) is 0. The molecule has 0 spiro atoms. The van der Waals surface area contributed by atoms with E-state index in [9.17, 15) is 14.0 Å². The van der Waals surface area contributed by atoms with Crippen LogP contribution in [-0.2, 0) is 6.54 Å². The normalized spacial score (nSPS) is 14.2. The van der Waals surface area contributed by atoms with E-state index >= 15 is 0 Å². The Morgan fingerprint density at radius 2 is 1.72 bits per heavy atom. The molecule has 0 radical (unpaired) electrons. The predicted molar refractivity (Wildman–Crippen MR) is 133 cm³/mol. The Morgan fingerprint density at radius 1 is 1.00 bits per heavy atom. The van der Waals surface area contributed by atoms with Crippen molar-refractivity contribution >= 4 is 22.2 Å². The Labute approximate surface area is 210 Å². The molecule has 2 aromatic heterocycles. The van der Waals surface area contributed by atoms with Crippen molar-refractivity contribution in [3.63, 3.8) is 0 Å². The standard InChI is InChI=1S/C25H24FN5O4S/c1-34-20-8-5-17(13-21(20)35-2)24(33)30-11-9-29(10-12-30)15-19-14-22(32)31-25(27-19)36-23(28-31)16-3-6-18(26)7-4-16/h3-8,13-14H,9-12,15H2,1-2H3. The van der Waals surface area contributed by atoms with Crippen molar-refractivity contribution in [3.05, 3.63) is 76.0 Å². The van der Waals surface area contributed by atoms with Crippen molar-refractivity contribution in [1.82, 2.24) is 24.4 Å². The van der Waals surface area contributed by atoms with Crippen molar-refractivity contribution in [2.45, 2.75) is 6.54 Å². The van der Waals surface area contributed by atoms with Gasteiger partial charge in [-0.25, -0.2) is 9.37 Å². The van der Waals surface area contributed by atoms with E-state index in [1.54, 1.807) is 42.3 Å². The number of nitrogens with zero attached hydrogens (tertiary/aromatic N) is 5. The van der Waals surface area contributed by atoms with Crippen LogP contribution >= 0.6 is 11.3 Å². The van der Waals surface area contributed by atoms with Crippen LogP contribution in [-0.4, -0.2) is 70.7 Å². The van der Waals surface area contributed by atoms with Gasteiger partial charge in [0.2, 0.25) is 4.96 Å². The monoisotopic (exact) mass is 509 g/mol. The van der Waals surface area contributed by atoms with Gasteiger partial charge in [0.15, 0.2) is 11.5 Å². The van der Waals surface area contributed by atoms with Crippen LogP contribution in [0.1, 0.15) is 16.1 Å². The zero-order chi connectivity index (χ0) is 25.2. The maximum atomic E-state index is 13.2. The molecule has 2 aromatic carbocycles. The molecule has 5 rings (SSSR count). The number of hydrogen-bond donors (Lipinski definition) is 0. The van der Waals surface area contributed by atoms with Crippen LogP contribution in [0.25, 0.3) is 15.5 Å². The number of benzene rings is 2. The third-order valence-corrected chi connectivity index (χ3v) is 7.02. The van der Waals surface area contributed by atoms with Crippen LogP contribution < -0.4 is 15.0 Å². The molecule has 1 fully saturated rings. The van der Waals surface area contributed by atoms with Crippen LogP contribution in [0.2, 0.25) is 0 Å². The van der Waals surface area contributed by atoms with E-state index in [-0.39, 0.29) is 17.3 Å². The highest BCUT2D eigenvalue weighted by Crippen LogP contribution is 2.28. The number of methoxy groups -OCH3 is 2. The summed E-state index contributed by atoms with van der Waals surface area (Å²) in [4.78, 5) is 34.7. The average Bonchev–Trinajstić information content (AvgIpc) is 3.33. The molecule has 0 unspecified atom stereocenters. The molecule has 0 atom stereocenters. The Bertz CT molecular complexity index is 1460. The van der Waals surface area contributed by atoms with E-state index in [1.165, 1.54) is 41.2 Å². The molecule has 11 heteroatoms. The fourth-order valence-corrected chi connectivity index (χ4v) is 5.07. The summed E-state index contributed by atoms with van der Waals surface area (Å²) in [6, 6.07) is 12.6. The van der Waals surface area contributed by atoms with Crippen LogP contribution in [0.4, 0.5) is 4.39 Å². The van der Waals surface area contributed by atoms with Crippen LogP contribution in [0.15, 0.2) is 53.3 Å². The molecular formula is C25H24FN5O4S. The lowest BCUT2D eigenvalue weighted by atomic mass is 10.1. The van der Waals surface area contributed by atoms with Crippen molar-refractivity contribution in [2.24, 2.45) is 0 Å². The molecule has 186 valence electrons. The molecule has 3 heterocycles.